The van der Waals surface area contributed by atoms with Crippen LogP contribution < -0.4 is 5.32 Å². The predicted molar refractivity (Wildman–Crippen MR) is 80.6 cm³/mol. The monoisotopic (exact) mass is 318 g/mol. The predicted octanol–water partition coefficient (Wildman–Crippen LogP) is 0.582. The number of aliphatic hydroxyl groups is 2. The highest BCUT2D eigenvalue weighted by molar-refractivity contribution is 5.94. The second-order valence-electron chi connectivity index (χ2n) is 5.39. The van der Waals surface area contributed by atoms with Crippen LogP contribution in [0.25, 0.3) is 11.3 Å². The highest BCUT2D eigenvalue weighted by Crippen LogP contribution is 2.19. The largest absolute Gasteiger partial charge is 0.444 e. The molecule has 1 aromatic heterocycles. The van der Waals surface area contributed by atoms with Crippen LogP contribution in [0.1, 0.15) is 16.8 Å². The van der Waals surface area contributed by atoms with E-state index in [-0.39, 0.29) is 12.5 Å². The van der Waals surface area contributed by atoms with Gasteiger partial charge in [0.05, 0.1) is 18.8 Å². The zero-order valence-electron chi connectivity index (χ0n) is 12.4. The number of carbonyl (C=O) groups is 1. The molecule has 3 N–H and O–H groups in total. The standard InChI is InChI=1S/C16H18N2O5/c19-8-14-15(20)12(5-6-22-14)18-16(21)11-3-1-10(2-4-11)13-7-17-9-23-13/h1-4,7,9,12,14-15,19-20H,5-6,8H2,(H,18,21)/t12-,14+,15-/m0/s1. The summed E-state index contributed by atoms with van der Waals surface area (Å²) in [6, 6.07) is 6.46. The van der Waals surface area contributed by atoms with Crippen LogP contribution in [0.2, 0.25) is 0 Å². The smallest absolute Gasteiger partial charge is 0.251 e. The molecule has 0 unspecified atom stereocenters. The number of amides is 1. The zero-order valence-corrected chi connectivity index (χ0v) is 12.4. The maximum absolute atomic E-state index is 12.3. The lowest BCUT2D eigenvalue weighted by Crippen LogP contribution is -2.54. The average Bonchev–Trinajstić information content (AvgIpc) is 3.11. The van der Waals surface area contributed by atoms with E-state index in [0.717, 1.165) is 5.56 Å². The number of aliphatic hydroxyl groups excluding tert-OH is 2. The van der Waals surface area contributed by atoms with E-state index < -0.39 is 18.2 Å². The molecule has 7 nitrogen and oxygen atoms in total. The third kappa shape index (κ3) is 3.42. The molecule has 0 radical (unpaired) electrons. The van der Waals surface area contributed by atoms with Gasteiger partial charge in [-0.1, -0.05) is 12.1 Å². The Hall–Kier alpha value is -2.22. The van der Waals surface area contributed by atoms with Crippen LogP contribution >= 0.6 is 0 Å². The Balaban J connectivity index is 1.66. The van der Waals surface area contributed by atoms with Crippen molar-refractivity contribution in [3.63, 3.8) is 0 Å². The minimum atomic E-state index is -0.925. The van der Waals surface area contributed by atoms with Crippen molar-refractivity contribution in [1.82, 2.24) is 10.3 Å². The molecule has 1 amide bonds. The van der Waals surface area contributed by atoms with Gasteiger partial charge >= 0.3 is 0 Å². The second-order valence-corrected chi connectivity index (χ2v) is 5.39. The van der Waals surface area contributed by atoms with Crippen LogP contribution in [0.4, 0.5) is 0 Å². The number of rotatable bonds is 4. The molecule has 2 heterocycles. The van der Waals surface area contributed by atoms with Crippen molar-refractivity contribution in [3.8, 4) is 11.3 Å². The topological polar surface area (TPSA) is 105 Å². The molecule has 0 saturated carbocycles. The van der Waals surface area contributed by atoms with E-state index in [0.29, 0.717) is 24.4 Å². The molecule has 1 saturated heterocycles. The van der Waals surface area contributed by atoms with Gasteiger partial charge in [-0.05, 0) is 18.6 Å². The number of aromatic nitrogens is 1. The number of benzene rings is 1. The molecule has 0 spiro atoms. The summed E-state index contributed by atoms with van der Waals surface area (Å²) < 4.78 is 10.4. The molecule has 7 heteroatoms. The Morgan fingerprint density at radius 3 is 2.78 bits per heavy atom. The van der Waals surface area contributed by atoms with Gasteiger partial charge in [-0.15, -0.1) is 0 Å². The highest BCUT2D eigenvalue weighted by atomic mass is 16.5. The Morgan fingerprint density at radius 1 is 1.35 bits per heavy atom. The van der Waals surface area contributed by atoms with E-state index in [1.807, 2.05) is 0 Å². The van der Waals surface area contributed by atoms with Crippen molar-refractivity contribution in [2.24, 2.45) is 0 Å². The Morgan fingerprint density at radius 2 is 2.13 bits per heavy atom. The lowest BCUT2D eigenvalue weighted by atomic mass is 9.99. The number of hydrogen-bond acceptors (Lipinski definition) is 6. The maximum Gasteiger partial charge on any atom is 0.251 e. The van der Waals surface area contributed by atoms with Crippen molar-refractivity contribution in [1.29, 1.82) is 0 Å². The molecule has 23 heavy (non-hydrogen) atoms. The Kier molecular flexibility index (Phi) is 4.71. The minimum Gasteiger partial charge on any atom is -0.444 e. The van der Waals surface area contributed by atoms with Gasteiger partial charge in [0, 0.05) is 17.7 Å². The molecule has 122 valence electrons. The molecule has 0 aliphatic carbocycles. The fraction of sp³-hybridized carbons (Fsp3) is 0.375. The molecule has 1 aliphatic heterocycles. The van der Waals surface area contributed by atoms with Crippen molar-refractivity contribution >= 4 is 5.91 Å². The summed E-state index contributed by atoms with van der Waals surface area (Å²) in [4.78, 5) is 16.1. The van der Waals surface area contributed by atoms with Crippen LogP contribution in [0.3, 0.4) is 0 Å². The van der Waals surface area contributed by atoms with Gasteiger partial charge in [-0.25, -0.2) is 4.98 Å². The second kappa shape index (κ2) is 6.91. The molecule has 1 fully saturated rings. The molecule has 1 aromatic carbocycles. The summed E-state index contributed by atoms with van der Waals surface area (Å²) in [6.45, 7) is 0.108. The lowest BCUT2D eigenvalue weighted by molar-refractivity contribution is -0.107. The summed E-state index contributed by atoms with van der Waals surface area (Å²) in [7, 11) is 0. The summed E-state index contributed by atoms with van der Waals surface area (Å²) in [5.74, 6) is 0.347. The number of nitrogens with one attached hydrogen (secondary N) is 1. The quantitative estimate of drug-likeness (QED) is 0.762. The third-order valence-electron chi connectivity index (χ3n) is 3.91. The number of ether oxygens (including phenoxy) is 1. The minimum absolute atomic E-state index is 0.278. The summed E-state index contributed by atoms with van der Waals surface area (Å²) in [5, 5.41) is 22.0. The Labute approximate surface area is 132 Å². The Bertz CT molecular complexity index is 641. The van der Waals surface area contributed by atoms with Crippen LogP contribution in [-0.2, 0) is 4.74 Å². The van der Waals surface area contributed by atoms with Gasteiger partial charge < -0.3 is 24.7 Å². The van der Waals surface area contributed by atoms with Gasteiger partial charge in [-0.2, -0.15) is 0 Å². The van der Waals surface area contributed by atoms with Gasteiger partial charge in [0.25, 0.3) is 5.91 Å². The molecule has 2 aromatic rings. The summed E-state index contributed by atoms with van der Waals surface area (Å²) in [6.07, 6.45) is 1.86. The zero-order chi connectivity index (χ0) is 16.2. The SMILES string of the molecule is O=C(N[C@H]1CCO[C@H](CO)[C@H]1O)c1ccc(-c2cnco2)cc1. The van der Waals surface area contributed by atoms with E-state index in [2.05, 4.69) is 10.3 Å². The number of carbonyl (C=O) groups excluding carboxylic acids is 1. The van der Waals surface area contributed by atoms with Gasteiger partial charge in [0.15, 0.2) is 12.2 Å². The number of nitrogens with zero attached hydrogens (tertiary/aromatic N) is 1. The van der Waals surface area contributed by atoms with Crippen molar-refractivity contribution in [2.75, 3.05) is 13.2 Å². The fourth-order valence-electron chi connectivity index (χ4n) is 2.59. The maximum atomic E-state index is 12.3. The van der Waals surface area contributed by atoms with Gasteiger partial charge in [0.1, 0.15) is 12.2 Å². The van der Waals surface area contributed by atoms with Crippen molar-refractivity contribution in [3.05, 3.63) is 42.4 Å². The van der Waals surface area contributed by atoms with Crippen molar-refractivity contribution in [2.45, 2.75) is 24.7 Å². The number of hydrogen-bond donors (Lipinski definition) is 3. The van der Waals surface area contributed by atoms with E-state index in [1.165, 1.54) is 6.39 Å². The number of oxazole rings is 1. The van der Waals surface area contributed by atoms with Gasteiger partial charge in [0.2, 0.25) is 0 Å². The molecule has 3 atom stereocenters. The molecular formula is C16H18N2O5. The lowest BCUT2D eigenvalue weighted by Gasteiger charge is -2.34. The normalized spacial score (nSPS) is 24.3. The molecular weight excluding hydrogens is 300 g/mol. The molecule has 3 rings (SSSR count). The van der Waals surface area contributed by atoms with Crippen LogP contribution in [0.5, 0.6) is 0 Å². The van der Waals surface area contributed by atoms with E-state index in [9.17, 15) is 9.90 Å². The highest BCUT2D eigenvalue weighted by Gasteiger charge is 2.33. The van der Waals surface area contributed by atoms with Crippen LogP contribution in [-0.4, -0.2) is 52.6 Å². The van der Waals surface area contributed by atoms with E-state index in [4.69, 9.17) is 14.3 Å². The first-order chi connectivity index (χ1) is 11.2. The molecule has 1 aliphatic rings. The first-order valence-electron chi connectivity index (χ1n) is 7.39. The summed E-state index contributed by atoms with van der Waals surface area (Å²) >= 11 is 0. The third-order valence-corrected chi connectivity index (χ3v) is 3.91. The van der Waals surface area contributed by atoms with Crippen molar-refractivity contribution < 1.29 is 24.2 Å². The average molecular weight is 318 g/mol. The first-order valence-corrected chi connectivity index (χ1v) is 7.39. The van der Waals surface area contributed by atoms with Crippen LogP contribution in [0, 0.1) is 0 Å². The van der Waals surface area contributed by atoms with Crippen LogP contribution in [0.15, 0.2) is 41.3 Å². The van der Waals surface area contributed by atoms with E-state index >= 15 is 0 Å². The first kappa shape index (κ1) is 15.7. The molecule has 0 bridgehead atoms. The summed E-state index contributed by atoms with van der Waals surface area (Å²) in [5.41, 5.74) is 1.30. The van der Waals surface area contributed by atoms with Gasteiger partial charge in [-0.3, -0.25) is 4.79 Å². The van der Waals surface area contributed by atoms with E-state index in [1.54, 1.807) is 30.5 Å². The fourth-order valence-corrected chi connectivity index (χ4v) is 2.59.